The fourth-order valence-electron chi connectivity index (χ4n) is 1.87. The Hall–Kier alpha value is -1.06. The molecule has 21 heavy (non-hydrogen) atoms. The fourth-order valence-corrected chi connectivity index (χ4v) is 1.87. The van der Waals surface area contributed by atoms with Gasteiger partial charge in [-0.2, -0.15) is 13.2 Å². The second-order valence-electron chi connectivity index (χ2n) is 4.69. The Bertz CT molecular complexity index is 355. The molecule has 1 aliphatic heterocycles. The summed E-state index contributed by atoms with van der Waals surface area (Å²) in [4.78, 5) is 24.6. The molecular formula is C11H20ClF3N4O2. The molecule has 0 aromatic heterocycles. The van der Waals surface area contributed by atoms with Gasteiger partial charge in [0.1, 0.15) is 6.54 Å². The van der Waals surface area contributed by atoms with Gasteiger partial charge in [0.15, 0.2) is 0 Å². The average molecular weight is 333 g/mol. The first-order valence-electron chi connectivity index (χ1n) is 6.37. The third-order valence-corrected chi connectivity index (χ3v) is 2.97. The van der Waals surface area contributed by atoms with Crippen LogP contribution >= 0.6 is 12.4 Å². The number of nitrogens with one attached hydrogen (secondary N) is 3. The first-order valence-corrected chi connectivity index (χ1v) is 6.37. The van der Waals surface area contributed by atoms with Crippen LogP contribution in [0.25, 0.3) is 0 Å². The minimum Gasteiger partial charge on any atom is -0.329 e. The maximum Gasteiger partial charge on any atom is 0.405 e. The van der Waals surface area contributed by atoms with Crippen LogP contribution < -0.4 is 16.0 Å². The highest BCUT2D eigenvalue weighted by molar-refractivity contribution is 5.94. The molecule has 1 heterocycles. The summed E-state index contributed by atoms with van der Waals surface area (Å²) < 4.78 is 35.5. The lowest BCUT2D eigenvalue weighted by atomic mass is 10.2. The Balaban J connectivity index is 0.00000400. The number of piperazine rings is 1. The lowest BCUT2D eigenvalue weighted by molar-refractivity contribution is -0.124. The molecule has 124 valence electrons. The van der Waals surface area contributed by atoms with E-state index in [1.807, 2.05) is 12.2 Å². The summed E-state index contributed by atoms with van der Waals surface area (Å²) >= 11 is 0. The van der Waals surface area contributed by atoms with Crippen LogP contribution in [-0.2, 0) is 4.79 Å². The molecule has 0 aliphatic carbocycles. The van der Waals surface area contributed by atoms with E-state index >= 15 is 0 Å². The normalized spacial score (nSPS) is 19.5. The van der Waals surface area contributed by atoms with Gasteiger partial charge in [0.05, 0.1) is 0 Å². The second kappa shape index (κ2) is 9.06. The number of amides is 3. The number of rotatable bonds is 4. The average Bonchev–Trinajstić information content (AvgIpc) is 2.35. The van der Waals surface area contributed by atoms with Crippen molar-refractivity contribution < 1.29 is 22.8 Å². The highest BCUT2D eigenvalue weighted by Gasteiger charge is 2.28. The van der Waals surface area contributed by atoms with Crippen LogP contribution in [-0.4, -0.2) is 61.8 Å². The largest absolute Gasteiger partial charge is 0.405 e. The summed E-state index contributed by atoms with van der Waals surface area (Å²) in [7, 11) is 0. The summed E-state index contributed by atoms with van der Waals surface area (Å²) in [5, 5.41) is 6.66. The molecule has 0 saturated carbocycles. The monoisotopic (exact) mass is 332 g/mol. The van der Waals surface area contributed by atoms with Crippen LogP contribution in [0, 0.1) is 0 Å². The lowest BCUT2D eigenvalue weighted by Gasteiger charge is -2.33. The van der Waals surface area contributed by atoms with E-state index in [4.69, 9.17) is 0 Å². The lowest BCUT2D eigenvalue weighted by Crippen LogP contribution is -2.51. The Labute approximate surface area is 127 Å². The maximum absolute atomic E-state index is 11.8. The molecule has 0 aromatic rings. The number of alkyl halides is 3. The van der Waals surface area contributed by atoms with Gasteiger partial charge in [0.2, 0.25) is 5.91 Å². The zero-order chi connectivity index (χ0) is 15.2. The molecule has 0 unspecified atom stereocenters. The molecule has 1 rings (SSSR count). The van der Waals surface area contributed by atoms with Gasteiger partial charge in [-0.05, 0) is 6.92 Å². The molecule has 1 fully saturated rings. The summed E-state index contributed by atoms with van der Waals surface area (Å²) in [5.41, 5.74) is 0. The number of urea groups is 1. The number of carbonyl (C=O) groups excluding carboxylic acids is 2. The van der Waals surface area contributed by atoms with E-state index in [0.29, 0.717) is 6.54 Å². The van der Waals surface area contributed by atoms with Gasteiger partial charge < -0.3 is 10.6 Å². The zero-order valence-corrected chi connectivity index (χ0v) is 12.4. The molecule has 3 amide bonds. The summed E-state index contributed by atoms with van der Waals surface area (Å²) in [5.74, 6) is -0.588. The van der Waals surface area contributed by atoms with Crippen molar-refractivity contribution in [3.8, 4) is 0 Å². The van der Waals surface area contributed by atoms with Crippen LogP contribution in [0.4, 0.5) is 18.0 Å². The van der Waals surface area contributed by atoms with Crippen LogP contribution in [0.1, 0.15) is 13.3 Å². The minimum absolute atomic E-state index is 0. The summed E-state index contributed by atoms with van der Waals surface area (Å²) in [6.45, 7) is 3.49. The van der Waals surface area contributed by atoms with E-state index in [1.165, 1.54) is 0 Å². The van der Waals surface area contributed by atoms with Crippen molar-refractivity contribution in [3.63, 3.8) is 0 Å². The molecule has 0 aromatic carbocycles. The predicted octanol–water partition coefficient (Wildman–Crippen LogP) is 0.480. The molecule has 10 heteroatoms. The van der Waals surface area contributed by atoms with Crippen molar-refractivity contribution in [2.24, 2.45) is 0 Å². The predicted molar refractivity (Wildman–Crippen MR) is 73.4 cm³/mol. The number of hydrogen-bond acceptors (Lipinski definition) is 4. The maximum atomic E-state index is 11.8. The van der Waals surface area contributed by atoms with Gasteiger partial charge in [-0.3, -0.25) is 15.0 Å². The number of carbonyl (C=O) groups is 2. The van der Waals surface area contributed by atoms with Crippen molar-refractivity contribution >= 4 is 24.3 Å². The van der Waals surface area contributed by atoms with E-state index in [-0.39, 0.29) is 24.9 Å². The van der Waals surface area contributed by atoms with Gasteiger partial charge in [-0.25, -0.2) is 4.79 Å². The molecule has 1 aliphatic rings. The second-order valence-corrected chi connectivity index (χ2v) is 4.69. The standard InChI is InChI=1S/C11H19F3N4O2.ClH/c1-8-6-15-3-5-18(8)4-2-9(19)17-10(20)16-7-11(12,13)14;/h8,15H,2-7H2,1H3,(H2,16,17,19,20);1H/t8-;/m1./s1. The Kier molecular flexibility index (Phi) is 8.60. The first-order chi connectivity index (χ1) is 9.28. The van der Waals surface area contributed by atoms with Crippen LogP contribution in [0.2, 0.25) is 0 Å². The van der Waals surface area contributed by atoms with Crippen molar-refractivity contribution in [1.82, 2.24) is 20.9 Å². The van der Waals surface area contributed by atoms with E-state index in [2.05, 4.69) is 10.2 Å². The molecule has 6 nitrogen and oxygen atoms in total. The quantitative estimate of drug-likeness (QED) is 0.700. The van der Waals surface area contributed by atoms with Gasteiger partial charge in [-0.1, -0.05) is 0 Å². The molecule has 0 bridgehead atoms. The number of hydrogen-bond donors (Lipinski definition) is 3. The number of halogens is 4. The van der Waals surface area contributed by atoms with E-state index in [9.17, 15) is 22.8 Å². The Morgan fingerprint density at radius 1 is 1.38 bits per heavy atom. The highest BCUT2D eigenvalue weighted by Crippen LogP contribution is 2.11. The first kappa shape index (κ1) is 19.9. The third kappa shape index (κ3) is 8.74. The molecule has 1 saturated heterocycles. The number of imide groups is 1. The molecule has 3 N–H and O–H groups in total. The summed E-state index contributed by atoms with van der Waals surface area (Å²) in [6.07, 6.45) is -4.42. The van der Waals surface area contributed by atoms with E-state index < -0.39 is 24.7 Å². The van der Waals surface area contributed by atoms with Crippen LogP contribution in [0.5, 0.6) is 0 Å². The van der Waals surface area contributed by atoms with Crippen LogP contribution in [0.3, 0.4) is 0 Å². The topological polar surface area (TPSA) is 73.5 Å². The molecular weight excluding hydrogens is 313 g/mol. The van der Waals surface area contributed by atoms with E-state index in [1.54, 1.807) is 5.32 Å². The van der Waals surface area contributed by atoms with Gasteiger partial charge >= 0.3 is 12.2 Å². The van der Waals surface area contributed by atoms with Crippen molar-refractivity contribution in [2.75, 3.05) is 32.7 Å². The highest BCUT2D eigenvalue weighted by atomic mass is 35.5. The minimum atomic E-state index is -4.49. The molecule has 1 atom stereocenters. The molecule has 0 radical (unpaired) electrons. The van der Waals surface area contributed by atoms with Crippen molar-refractivity contribution in [2.45, 2.75) is 25.6 Å². The van der Waals surface area contributed by atoms with Gasteiger partial charge in [0.25, 0.3) is 0 Å². The van der Waals surface area contributed by atoms with E-state index in [0.717, 1.165) is 19.6 Å². The molecule has 0 spiro atoms. The smallest absolute Gasteiger partial charge is 0.329 e. The van der Waals surface area contributed by atoms with Crippen molar-refractivity contribution in [1.29, 1.82) is 0 Å². The zero-order valence-electron chi connectivity index (χ0n) is 11.6. The van der Waals surface area contributed by atoms with Gasteiger partial charge in [-0.15, -0.1) is 12.4 Å². The van der Waals surface area contributed by atoms with Crippen molar-refractivity contribution in [3.05, 3.63) is 0 Å². The number of nitrogens with zero attached hydrogens (tertiary/aromatic N) is 1. The fraction of sp³-hybridized carbons (Fsp3) is 0.818. The van der Waals surface area contributed by atoms with Gasteiger partial charge in [0, 0.05) is 38.6 Å². The third-order valence-electron chi connectivity index (χ3n) is 2.97. The SMILES string of the molecule is C[C@@H]1CNCCN1CCC(=O)NC(=O)NCC(F)(F)F.Cl. The Morgan fingerprint density at radius 2 is 2.05 bits per heavy atom. The van der Waals surface area contributed by atoms with Crippen LogP contribution in [0.15, 0.2) is 0 Å². The Morgan fingerprint density at radius 3 is 2.62 bits per heavy atom. The summed E-state index contributed by atoms with van der Waals surface area (Å²) in [6, 6.07) is -0.837.